The molecule has 0 aliphatic carbocycles. The van der Waals surface area contributed by atoms with Crippen LogP contribution in [0.15, 0.2) is 91.5 Å². The second-order valence-corrected chi connectivity index (χ2v) is 12.5. The summed E-state index contributed by atoms with van der Waals surface area (Å²) < 4.78 is 0. The fourth-order valence-corrected chi connectivity index (χ4v) is 5.84. The van der Waals surface area contributed by atoms with E-state index in [2.05, 4.69) is 92.1 Å². The minimum atomic E-state index is 0.738. The van der Waals surface area contributed by atoms with Crippen LogP contribution in [-0.2, 0) is 25.7 Å². The lowest BCUT2D eigenvalue weighted by molar-refractivity contribution is 0.792. The first-order chi connectivity index (χ1) is 23.6. The lowest BCUT2D eigenvalue weighted by Gasteiger charge is -2.26. The smallest absolute Gasteiger partial charge is 0.142 e. The van der Waals surface area contributed by atoms with Crippen LogP contribution in [0, 0.1) is 0 Å². The second-order valence-electron chi connectivity index (χ2n) is 12.5. The highest BCUT2D eigenvalue weighted by molar-refractivity contribution is 5.75. The van der Waals surface area contributed by atoms with Crippen molar-refractivity contribution in [2.45, 2.75) is 105 Å². The van der Waals surface area contributed by atoms with Gasteiger partial charge in [-0.3, -0.25) is 9.80 Å². The third-order valence-corrected chi connectivity index (χ3v) is 8.61. The first kappa shape index (κ1) is 34.7. The summed E-state index contributed by atoms with van der Waals surface area (Å²) in [6.07, 6.45) is 20.7. The number of aromatic nitrogens is 5. The molecule has 7 nitrogen and oxygen atoms in total. The Kier molecular flexibility index (Phi) is 13.0. The van der Waals surface area contributed by atoms with Crippen LogP contribution < -0.4 is 9.80 Å². The van der Waals surface area contributed by atoms with Crippen molar-refractivity contribution in [1.82, 2.24) is 24.9 Å². The van der Waals surface area contributed by atoms with Gasteiger partial charge in [-0.25, -0.2) is 24.9 Å². The molecule has 0 spiro atoms. The maximum Gasteiger partial charge on any atom is 0.142 e. The van der Waals surface area contributed by atoms with E-state index in [0.29, 0.717) is 0 Å². The fourth-order valence-electron chi connectivity index (χ4n) is 5.84. The molecule has 5 aromatic rings. The molecular weight excluding hydrogens is 591 g/mol. The summed E-state index contributed by atoms with van der Waals surface area (Å²) in [7, 11) is 0. The number of anilines is 6. The summed E-state index contributed by atoms with van der Waals surface area (Å²) in [5.41, 5.74) is 5.03. The monoisotopic (exact) mass is 641 g/mol. The summed E-state index contributed by atoms with van der Waals surface area (Å²) >= 11 is 0. The normalized spacial score (nSPS) is 11.1. The number of nitrogens with zero attached hydrogens (tertiary/aromatic N) is 7. The molecule has 0 bridgehead atoms. The van der Waals surface area contributed by atoms with Crippen LogP contribution in [0.3, 0.4) is 0 Å². The molecule has 0 aromatic carbocycles. The number of hydrogen-bond donors (Lipinski definition) is 0. The number of rotatable bonds is 18. The Hall–Kier alpha value is -4.65. The van der Waals surface area contributed by atoms with E-state index in [0.717, 1.165) is 112 Å². The van der Waals surface area contributed by atoms with Crippen molar-refractivity contribution in [3.8, 4) is 0 Å². The van der Waals surface area contributed by atoms with Gasteiger partial charge in [0.1, 0.15) is 34.9 Å². The van der Waals surface area contributed by atoms with Crippen LogP contribution in [-0.4, -0.2) is 24.9 Å². The molecule has 7 heteroatoms. The molecule has 0 saturated carbocycles. The molecule has 0 aliphatic heterocycles. The van der Waals surface area contributed by atoms with Gasteiger partial charge in [0, 0.05) is 24.8 Å². The second kappa shape index (κ2) is 18.0. The van der Waals surface area contributed by atoms with Gasteiger partial charge >= 0.3 is 0 Å². The average molecular weight is 642 g/mol. The van der Waals surface area contributed by atoms with E-state index in [1.807, 2.05) is 36.9 Å². The molecule has 5 aromatic heterocycles. The van der Waals surface area contributed by atoms with E-state index in [1.165, 1.54) is 22.3 Å². The minimum Gasteiger partial charge on any atom is -0.262 e. The topological polar surface area (TPSA) is 70.9 Å². The van der Waals surface area contributed by atoms with Crippen molar-refractivity contribution in [1.29, 1.82) is 0 Å². The minimum absolute atomic E-state index is 0.738. The Morgan fingerprint density at radius 3 is 0.958 bits per heavy atom. The lowest BCUT2D eigenvalue weighted by atomic mass is 10.1. The Bertz CT molecular complexity index is 1490. The highest BCUT2D eigenvalue weighted by Crippen LogP contribution is 2.36. The van der Waals surface area contributed by atoms with E-state index in [9.17, 15) is 0 Å². The van der Waals surface area contributed by atoms with Crippen molar-refractivity contribution in [2.24, 2.45) is 0 Å². The Labute approximate surface area is 287 Å². The summed E-state index contributed by atoms with van der Waals surface area (Å²) in [6, 6.07) is 23.3. The quantitative estimate of drug-likeness (QED) is 0.0942. The van der Waals surface area contributed by atoms with Gasteiger partial charge in [0.15, 0.2) is 0 Å². The molecule has 0 amide bonds. The van der Waals surface area contributed by atoms with Gasteiger partial charge in [0.2, 0.25) is 0 Å². The fraction of sp³-hybridized carbons (Fsp3) is 0.390. The molecule has 5 heterocycles. The van der Waals surface area contributed by atoms with Gasteiger partial charge in [0.25, 0.3) is 0 Å². The molecule has 0 saturated heterocycles. The van der Waals surface area contributed by atoms with E-state index >= 15 is 0 Å². The Morgan fingerprint density at radius 2 is 0.688 bits per heavy atom. The summed E-state index contributed by atoms with van der Waals surface area (Å²) in [5.74, 6) is 4.70. The van der Waals surface area contributed by atoms with Crippen LogP contribution in [0.25, 0.3) is 0 Å². The molecule has 0 unspecified atom stereocenters. The summed E-state index contributed by atoms with van der Waals surface area (Å²) in [4.78, 5) is 29.0. The Morgan fingerprint density at radius 1 is 0.396 bits per heavy atom. The average Bonchev–Trinajstić information content (AvgIpc) is 3.12. The third kappa shape index (κ3) is 9.24. The summed E-state index contributed by atoms with van der Waals surface area (Å²) in [5, 5.41) is 0. The van der Waals surface area contributed by atoms with Crippen molar-refractivity contribution >= 4 is 34.9 Å². The molecule has 48 heavy (non-hydrogen) atoms. The van der Waals surface area contributed by atoms with Gasteiger partial charge < -0.3 is 0 Å². The zero-order valence-corrected chi connectivity index (χ0v) is 29.3. The zero-order valence-electron chi connectivity index (χ0n) is 29.3. The molecule has 0 atom stereocenters. The van der Waals surface area contributed by atoms with E-state index in [-0.39, 0.29) is 0 Å². The molecule has 0 fully saturated rings. The predicted octanol–water partition coefficient (Wildman–Crippen LogP) is 11.0. The third-order valence-electron chi connectivity index (χ3n) is 8.61. The van der Waals surface area contributed by atoms with Crippen LogP contribution in [0.4, 0.5) is 34.9 Å². The number of aryl methyl sites for hydroxylation is 4. The maximum absolute atomic E-state index is 5.34. The summed E-state index contributed by atoms with van der Waals surface area (Å²) in [6.45, 7) is 8.90. The zero-order chi connectivity index (χ0) is 33.6. The molecule has 0 aliphatic rings. The molecular formula is C41H51N7. The van der Waals surface area contributed by atoms with E-state index in [1.54, 1.807) is 0 Å². The highest BCUT2D eigenvalue weighted by Gasteiger charge is 2.22. The first-order valence-corrected chi connectivity index (χ1v) is 18.0. The van der Waals surface area contributed by atoms with Crippen LogP contribution in [0.2, 0.25) is 0 Å². The van der Waals surface area contributed by atoms with Crippen LogP contribution in [0.5, 0.6) is 0 Å². The van der Waals surface area contributed by atoms with Gasteiger partial charge in [0.05, 0.1) is 0 Å². The van der Waals surface area contributed by atoms with Crippen molar-refractivity contribution in [3.05, 3.63) is 114 Å². The van der Waals surface area contributed by atoms with Gasteiger partial charge in [-0.1, -0.05) is 59.4 Å². The Balaban J connectivity index is 1.64. The lowest BCUT2D eigenvalue weighted by Crippen LogP contribution is -2.18. The molecule has 250 valence electrons. The molecule has 5 rings (SSSR count). The SMILES string of the molecule is CCCCc1ccnc(N(c2cc(CCCC)ccn2)c2cccc(N(c3cc(CCCC)ccn3)c3cc(CCCC)ccn3)n2)c1. The molecule has 0 N–H and O–H groups in total. The van der Waals surface area contributed by atoms with Gasteiger partial charge in [-0.05, 0) is 134 Å². The number of hydrogen-bond acceptors (Lipinski definition) is 7. The predicted molar refractivity (Wildman–Crippen MR) is 199 cm³/mol. The van der Waals surface area contributed by atoms with Gasteiger partial charge in [-0.2, -0.15) is 0 Å². The first-order valence-electron chi connectivity index (χ1n) is 18.0. The number of pyridine rings is 5. The van der Waals surface area contributed by atoms with E-state index < -0.39 is 0 Å². The largest absolute Gasteiger partial charge is 0.262 e. The van der Waals surface area contributed by atoms with Gasteiger partial charge in [-0.15, -0.1) is 0 Å². The highest BCUT2D eigenvalue weighted by atomic mass is 15.3. The number of unbranched alkanes of at least 4 members (excludes halogenated alkanes) is 4. The molecule has 0 radical (unpaired) electrons. The van der Waals surface area contributed by atoms with Crippen molar-refractivity contribution in [2.75, 3.05) is 9.80 Å². The maximum atomic E-state index is 5.34. The van der Waals surface area contributed by atoms with Crippen molar-refractivity contribution in [3.63, 3.8) is 0 Å². The van der Waals surface area contributed by atoms with E-state index in [4.69, 9.17) is 24.9 Å². The van der Waals surface area contributed by atoms with Crippen LogP contribution >= 0.6 is 0 Å². The van der Waals surface area contributed by atoms with Crippen molar-refractivity contribution < 1.29 is 0 Å². The van der Waals surface area contributed by atoms with Crippen LogP contribution in [0.1, 0.15) is 101 Å². The standard InChI is InChI=1S/C41H51N7/c1-5-9-14-32-20-24-42-38(28-32)47(39-29-33(15-10-6-2)21-25-43-39)36-18-13-19-37(46-36)48(40-30-34(16-11-7-3)22-26-44-40)41-31-35(17-12-8-4)23-27-45-41/h13,18-31H,5-12,14-17H2,1-4H3.